The van der Waals surface area contributed by atoms with Gasteiger partial charge in [-0.3, -0.25) is 9.52 Å². The molecule has 0 aliphatic carbocycles. The van der Waals surface area contributed by atoms with Crippen molar-refractivity contribution in [3.63, 3.8) is 0 Å². The average molecular weight is 348 g/mol. The maximum absolute atomic E-state index is 12.5. The Morgan fingerprint density at radius 2 is 1.67 bits per heavy atom. The van der Waals surface area contributed by atoms with E-state index in [9.17, 15) is 13.2 Å². The Bertz CT molecular complexity index is 836. The SMILES string of the molecule is COc1c(C)cc(S(=O)(=O)Nc2ccc(CC(N)=O)cc2)cc1C. The fourth-order valence-electron chi connectivity index (χ4n) is 2.49. The number of carbonyl (C=O) groups is 1. The number of benzene rings is 2. The summed E-state index contributed by atoms with van der Waals surface area (Å²) in [5.41, 5.74) is 7.76. The zero-order chi connectivity index (χ0) is 17.9. The third-order valence-corrected chi connectivity index (χ3v) is 4.89. The number of carbonyl (C=O) groups excluding carboxylic acids is 1. The van der Waals surface area contributed by atoms with Gasteiger partial charge < -0.3 is 10.5 Å². The van der Waals surface area contributed by atoms with Crippen LogP contribution in [0.25, 0.3) is 0 Å². The molecule has 2 aromatic rings. The minimum atomic E-state index is -3.72. The number of methoxy groups -OCH3 is 1. The highest BCUT2D eigenvalue weighted by molar-refractivity contribution is 7.92. The van der Waals surface area contributed by atoms with E-state index in [4.69, 9.17) is 10.5 Å². The predicted octanol–water partition coefficient (Wildman–Crippen LogP) is 2.14. The van der Waals surface area contributed by atoms with E-state index in [1.165, 1.54) is 0 Å². The largest absolute Gasteiger partial charge is 0.496 e. The second-order valence-electron chi connectivity index (χ2n) is 5.54. The van der Waals surface area contributed by atoms with Gasteiger partial charge in [0.1, 0.15) is 5.75 Å². The number of hydrogen-bond acceptors (Lipinski definition) is 4. The van der Waals surface area contributed by atoms with Crippen molar-refractivity contribution in [3.8, 4) is 5.75 Å². The van der Waals surface area contributed by atoms with Crippen LogP contribution in [0.1, 0.15) is 16.7 Å². The Hall–Kier alpha value is -2.54. The minimum Gasteiger partial charge on any atom is -0.496 e. The zero-order valence-corrected chi connectivity index (χ0v) is 14.6. The number of nitrogens with two attached hydrogens (primary N) is 1. The van der Waals surface area contributed by atoms with Gasteiger partial charge in [-0.2, -0.15) is 0 Å². The van der Waals surface area contributed by atoms with Gasteiger partial charge in [0, 0.05) is 5.69 Å². The highest BCUT2D eigenvalue weighted by Gasteiger charge is 2.17. The number of amides is 1. The van der Waals surface area contributed by atoms with Crippen LogP contribution >= 0.6 is 0 Å². The minimum absolute atomic E-state index is 0.115. The molecule has 0 radical (unpaired) electrons. The summed E-state index contributed by atoms with van der Waals surface area (Å²) in [5, 5.41) is 0. The van der Waals surface area contributed by atoms with E-state index in [1.807, 2.05) is 0 Å². The number of hydrogen-bond donors (Lipinski definition) is 2. The molecule has 7 heteroatoms. The Morgan fingerprint density at radius 3 is 2.12 bits per heavy atom. The molecule has 0 aliphatic heterocycles. The third kappa shape index (κ3) is 4.05. The molecule has 0 unspecified atom stereocenters. The summed E-state index contributed by atoms with van der Waals surface area (Å²) < 4.78 is 32.9. The van der Waals surface area contributed by atoms with E-state index in [2.05, 4.69) is 4.72 Å². The Kier molecular flexibility index (Phi) is 5.14. The lowest BCUT2D eigenvalue weighted by Crippen LogP contribution is -2.15. The molecule has 24 heavy (non-hydrogen) atoms. The summed E-state index contributed by atoms with van der Waals surface area (Å²) in [6.45, 7) is 3.59. The van der Waals surface area contributed by atoms with Gasteiger partial charge in [0.05, 0.1) is 18.4 Å². The number of anilines is 1. The lowest BCUT2D eigenvalue weighted by Gasteiger charge is -2.13. The average Bonchev–Trinajstić information content (AvgIpc) is 2.48. The van der Waals surface area contributed by atoms with Crippen LogP contribution in [0, 0.1) is 13.8 Å². The van der Waals surface area contributed by atoms with Crippen LogP contribution in [0.4, 0.5) is 5.69 Å². The molecule has 2 aromatic carbocycles. The first-order chi connectivity index (χ1) is 11.2. The molecule has 128 valence electrons. The monoisotopic (exact) mass is 348 g/mol. The highest BCUT2D eigenvalue weighted by Crippen LogP contribution is 2.27. The van der Waals surface area contributed by atoms with Crippen LogP contribution < -0.4 is 15.2 Å². The van der Waals surface area contributed by atoms with Gasteiger partial charge in [-0.25, -0.2) is 8.42 Å². The highest BCUT2D eigenvalue weighted by atomic mass is 32.2. The van der Waals surface area contributed by atoms with E-state index in [-0.39, 0.29) is 11.3 Å². The van der Waals surface area contributed by atoms with Crippen LogP contribution in [0.5, 0.6) is 5.75 Å². The van der Waals surface area contributed by atoms with Gasteiger partial charge >= 0.3 is 0 Å². The standard InChI is InChI=1S/C17H20N2O4S/c1-11-8-15(9-12(2)17(11)23-3)24(21,22)19-14-6-4-13(5-7-14)10-16(18)20/h4-9,19H,10H2,1-3H3,(H2,18,20). The number of rotatable bonds is 6. The first kappa shape index (κ1) is 17.8. The zero-order valence-electron chi connectivity index (χ0n) is 13.8. The summed E-state index contributed by atoms with van der Waals surface area (Å²) in [5.74, 6) is 0.234. The molecular formula is C17H20N2O4S. The first-order valence-corrected chi connectivity index (χ1v) is 8.76. The van der Waals surface area contributed by atoms with E-state index >= 15 is 0 Å². The molecule has 0 atom stereocenters. The molecule has 0 saturated heterocycles. The predicted molar refractivity (Wildman–Crippen MR) is 92.6 cm³/mol. The first-order valence-electron chi connectivity index (χ1n) is 7.28. The molecule has 0 heterocycles. The molecular weight excluding hydrogens is 328 g/mol. The number of sulfonamides is 1. The van der Waals surface area contributed by atoms with Crippen molar-refractivity contribution in [2.24, 2.45) is 5.73 Å². The van der Waals surface area contributed by atoms with Gasteiger partial charge in [0.15, 0.2) is 0 Å². The summed E-state index contributed by atoms with van der Waals surface area (Å²) in [6.07, 6.45) is 0.115. The summed E-state index contributed by atoms with van der Waals surface area (Å²) in [7, 11) is -2.17. The number of ether oxygens (including phenoxy) is 1. The van der Waals surface area contributed by atoms with Crippen molar-refractivity contribution in [1.82, 2.24) is 0 Å². The Balaban J connectivity index is 2.27. The molecule has 0 fully saturated rings. The fourth-order valence-corrected chi connectivity index (χ4v) is 3.72. The smallest absolute Gasteiger partial charge is 0.261 e. The van der Waals surface area contributed by atoms with Crippen molar-refractivity contribution in [1.29, 1.82) is 0 Å². The molecule has 1 amide bonds. The second-order valence-corrected chi connectivity index (χ2v) is 7.22. The van der Waals surface area contributed by atoms with Crippen LogP contribution in [0.2, 0.25) is 0 Å². The van der Waals surface area contributed by atoms with Gasteiger partial charge in [-0.1, -0.05) is 12.1 Å². The molecule has 0 saturated carbocycles. The van der Waals surface area contributed by atoms with E-state index in [0.29, 0.717) is 11.4 Å². The number of primary amides is 1. The maximum atomic E-state index is 12.5. The van der Waals surface area contributed by atoms with Gasteiger partial charge in [0.25, 0.3) is 10.0 Å². The van der Waals surface area contributed by atoms with Crippen molar-refractivity contribution in [2.45, 2.75) is 25.2 Å². The van der Waals surface area contributed by atoms with Crippen LogP contribution in [-0.4, -0.2) is 21.4 Å². The molecule has 0 aliphatic rings. The van der Waals surface area contributed by atoms with Crippen molar-refractivity contribution in [2.75, 3.05) is 11.8 Å². The quantitative estimate of drug-likeness (QED) is 0.835. The maximum Gasteiger partial charge on any atom is 0.261 e. The van der Waals surface area contributed by atoms with E-state index in [1.54, 1.807) is 57.4 Å². The third-order valence-electron chi connectivity index (χ3n) is 3.53. The molecule has 6 nitrogen and oxygen atoms in total. The molecule has 0 spiro atoms. The fraction of sp³-hybridized carbons (Fsp3) is 0.235. The lowest BCUT2D eigenvalue weighted by atomic mass is 10.1. The Morgan fingerprint density at radius 1 is 1.12 bits per heavy atom. The van der Waals surface area contributed by atoms with Gasteiger partial charge in [-0.15, -0.1) is 0 Å². The summed E-state index contributed by atoms with van der Waals surface area (Å²) >= 11 is 0. The van der Waals surface area contributed by atoms with Gasteiger partial charge in [-0.05, 0) is 54.8 Å². The molecule has 2 rings (SSSR count). The van der Waals surface area contributed by atoms with Crippen molar-refractivity contribution >= 4 is 21.6 Å². The summed E-state index contributed by atoms with van der Waals surface area (Å²) in [6, 6.07) is 9.64. The van der Waals surface area contributed by atoms with Crippen LogP contribution in [0.3, 0.4) is 0 Å². The molecule has 3 N–H and O–H groups in total. The van der Waals surface area contributed by atoms with Crippen molar-refractivity contribution < 1.29 is 17.9 Å². The van der Waals surface area contributed by atoms with E-state index < -0.39 is 15.9 Å². The number of aryl methyl sites for hydroxylation is 2. The molecule has 0 bridgehead atoms. The van der Waals surface area contributed by atoms with Crippen molar-refractivity contribution in [3.05, 3.63) is 53.1 Å². The molecule has 0 aromatic heterocycles. The number of nitrogens with one attached hydrogen (secondary N) is 1. The normalized spacial score (nSPS) is 11.1. The summed E-state index contributed by atoms with van der Waals surface area (Å²) in [4.78, 5) is 11.1. The second kappa shape index (κ2) is 6.92. The van der Waals surface area contributed by atoms with Crippen LogP contribution in [0.15, 0.2) is 41.3 Å². The topological polar surface area (TPSA) is 98.5 Å². The van der Waals surface area contributed by atoms with E-state index in [0.717, 1.165) is 16.7 Å². The Labute approximate surface area is 141 Å². The van der Waals surface area contributed by atoms with Crippen LogP contribution in [-0.2, 0) is 21.2 Å². The lowest BCUT2D eigenvalue weighted by molar-refractivity contribution is -0.117. The van der Waals surface area contributed by atoms with Gasteiger partial charge in [0.2, 0.25) is 5.91 Å².